The topological polar surface area (TPSA) is 52.3 Å². The van der Waals surface area contributed by atoms with Crippen LogP contribution < -0.4 is 5.73 Å². The molecule has 3 nitrogen and oxygen atoms in total. The van der Waals surface area contributed by atoms with E-state index in [1.807, 2.05) is 24.3 Å². The van der Waals surface area contributed by atoms with Crippen LogP contribution in [0.3, 0.4) is 0 Å². The average molecular weight is 340 g/mol. The van der Waals surface area contributed by atoms with Crippen molar-refractivity contribution in [1.29, 1.82) is 0 Å². The number of esters is 1. The highest BCUT2D eigenvalue weighted by molar-refractivity contribution is 9.10. The molecule has 0 atom stereocenters. The van der Waals surface area contributed by atoms with Gasteiger partial charge in [-0.05, 0) is 37.7 Å². The molecule has 0 bridgehead atoms. The summed E-state index contributed by atoms with van der Waals surface area (Å²) >= 11 is 3.45. The van der Waals surface area contributed by atoms with Crippen molar-refractivity contribution in [3.8, 4) is 0 Å². The summed E-state index contributed by atoms with van der Waals surface area (Å²) in [5.74, 6) is 0.450. The third-order valence-corrected chi connectivity index (χ3v) is 5.07. The van der Waals surface area contributed by atoms with E-state index in [2.05, 4.69) is 22.9 Å². The summed E-state index contributed by atoms with van der Waals surface area (Å²) in [6.07, 6.45) is 4.69. The van der Waals surface area contributed by atoms with Crippen molar-refractivity contribution < 1.29 is 9.53 Å². The Bertz CT molecular complexity index is 467. The Hall–Kier alpha value is -0.870. The van der Waals surface area contributed by atoms with Crippen LogP contribution in [0.15, 0.2) is 28.7 Å². The van der Waals surface area contributed by atoms with E-state index in [0.29, 0.717) is 5.92 Å². The minimum atomic E-state index is -0.785. The summed E-state index contributed by atoms with van der Waals surface area (Å²) in [7, 11) is 0. The summed E-state index contributed by atoms with van der Waals surface area (Å²) < 4.78 is 6.38. The first kappa shape index (κ1) is 15.5. The smallest absolute Gasteiger partial charge is 0.326 e. The van der Waals surface area contributed by atoms with Crippen LogP contribution >= 0.6 is 15.9 Å². The van der Waals surface area contributed by atoms with Crippen molar-refractivity contribution in [3.63, 3.8) is 0 Å². The van der Waals surface area contributed by atoms with E-state index in [0.717, 1.165) is 35.7 Å². The van der Waals surface area contributed by atoms with E-state index in [1.165, 1.54) is 6.42 Å². The first-order valence-electron chi connectivity index (χ1n) is 7.24. The minimum absolute atomic E-state index is 0.261. The first-order chi connectivity index (χ1) is 9.55. The lowest BCUT2D eigenvalue weighted by Gasteiger charge is -2.34. The maximum absolute atomic E-state index is 12.2. The Morgan fingerprint density at radius 1 is 1.40 bits per heavy atom. The number of nitrogens with two attached hydrogens (primary N) is 1. The fraction of sp³-hybridized carbons (Fsp3) is 0.562. The molecule has 20 heavy (non-hydrogen) atoms. The highest BCUT2D eigenvalue weighted by Crippen LogP contribution is 2.33. The van der Waals surface area contributed by atoms with Gasteiger partial charge in [0.15, 0.2) is 0 Å². The van der Waals surface area contributed by atoms with Gasteiger partial charge in [0.2, 0.25) is 0 Å². The van der Waals surface area contributed by atoms with Crippen molar-refractivity contribution in [3.05, 3.63) is 34.3 Å². The first-order valence-corrected chi connectivity index (χ1v) is 8.04. The number of hydrogen-bond acceptors (Lipinski definition) is 3. The second-order valence-electron chi connectivity index (χ2n) is 5.68. The number of halogens is 1. The van der Waals surface area contributed by atoms with Gasteiger partial charge in [-0.1, -0.05) is 47.5 Å². The van der Waals surface area contributed by atoms with Crippen molar-refractivity contribution in [2.45, 2.75) is 51.2 Å². The zero-order chi connectivity index (χ0) is 14.6. The largest absolute Gasteiger partial charge is 0.459 e. The van der Waals surface area contributed by atoms with Crippen LogP contribution in [0.1, 0.15) is 44.6 Å². The van der Waals surface area contributed by atoms with Crippen LogP contribution in [0, 0.1) is 5.92 Å². The lowest BCUT2D eigenvalue weighted by molar-refractivity contribution is -0.153. The number of carbonyl (C=O) groups excluding carboxylic acids is 1. The summed E-state index contributed by atoms with van der Waals surface area (Å²) in [4.78, 5) is 12.2. The molecule has 1 aromatic rings. The van der Waals surface area contributed by atoms with Crippen LogP contribution in [0.2, 0.25) is 0 Å². The molecule has 0 spiro atoms. The monoisotopic (exact) mass is 339 g/mol. The molecule has 1 fully saturated rings. The number of benzene rings is 1. The molecule has 2 rings (SSSR count). The van der Waals surface area contributed by atoms with Gasteiger partial charge in [0, 0.05) is 10.0 Å². The van der Waals surface area contributed by atoms with Crippen LogP contribution in [0.5, 0.6) is 0 Å². The molecule has 110 valence electrons. The number of hydrogen-bond donors (Lipinski definition) is 1. The molecule has 0 saturated heterocycles. The lowest BCUT2D eigenvalue weighted by atomic mass is 9.76. The van der Waals surface area contributed by atoms with E-state index in [-0.39, 0.29) is 12.6 Å². The third-order valence-electron chi connectivity index (χ3n) is 4.30. The van der Waals surface area contributed by atoms with Crippen LogP contribution in [0.25, 0.3) is 0 Å². The van der Waals surface area contributed by atoms with Crippen LogP contribution in [0.4, 0.5) is 0 Å². The standard InChI is InChI=1S/C16H22BrNO2/c1-2-12-7-9-16(18,10-8-12)15(19)20-11-13-5-3-4-6-14(13)17/h3-6,12H,2,7-11,18H2,1H3. The third kappa shape index (κ3) is 3.61. The Morgan fingerprint density at radius 3 is 2.65 bits per heavy atom. The minimum Gasteiger partial charge on any atom is -0.459 e. The maximum Gasteiger partial charge on any atom is 0.326 e. The molecule has 0 aliphatic heterocycles. The molecule has 1 aliphatic rings. The Kier molecular flexibility index (Phi) is 5.22. The molecular formula is C16H22BrNO2. The second-order valence-corrected chi connectivity index (χ2v) is 6.53. The fourth-order valence-corrected chi connectivity index (χ4v) is 3.11. The molecule has 0 heterocycles. The number of ether oxygens (including phenoxy) is 1. The molecule has 2 N–H and O–H groups in total. The zero-order valence-corrected chi connectivity index (χ0v) is 13.5. The van der Waals surface area contributed by atoms with Gasteiger partial charge in [0.1, 0.15) is 12.1 Å². The van der Waals surface area contributed by atoms with Gasteiger partial charge in [-0.15, -0.1) is 0 Å². The molecule has 0 amide bonds. The number of rotatable bonds is 4. The lowest BCUT2D eigenvalue weighted by Crippen LogP contribution is -2.51. The molecule has 4 heteroatoms. The van der Waals surface area contributed by atoms with Gasteiger partial charge >= 0.3 is 5.97 Å². The van der Waals surface area contributed by atoms with Gasteiger partial charge in [-0.25, -0.2) is 0 Å². The van der Waals surface area contributed by atoms with Gasteiger partial charge in [-0.2, -0.15) is 0 Å². The summed E-state index contributed by atoms with van der Waals surface area (Å²) in [5, 5.41) is 0. The SMILES string of the molecule is CCC1CCC(N)(C(=O)OCc2ccccc2Br)CC1. The molecule has 0 radical (unpaired) electrons. The fourth-order valence-electron chi connectivity index (χ4n) is 2.71. The molecular weight excluding hydrogens is 318 g/mol. The Labute approximate surface area is 129 Å². The molecule has 1 aromatic carbocycles. The Morgan fingerprint density at radius 2 is 2.05 bits per heavy atom. The summed E-state index contributed by atoms with van der Waals surface area (Å²) in [5.41, 5.74) is 6.42. The van der Waals surface area contributed by atoms with Crippen LogP contribution in [-0.2, 0) is 16.1 Å². The molecule has 1 aliphatic carbocycles. The maximum atomic E-state index is 12.2. The van der Waals surface area contributed by atoms with E-state index >= 15 is 0 Å². The van der Waals surface area contributed by atoms with Gasteiger partial charge in [0.25, 0.3) is 0 Å². The van der Waals surface area contributed by atoms with Crippen molar-refractivity contribution >= 4 is 21.9 Å². The number of carbonyl (C=O) groups is 1. The van der Waals surface area contributed by atoms with E-state index in [9.17, 15) is 4.79 Å². The van der Waals surface area contributed by atoms with E-state index in [4.69, 9.17) is 10.5 Å². The highest BCUT2D eigenvalue weighted by Gasteiger charge is 2.39. The van der Waals surface area contributed by atoms with Crippen molar-refractivity contribution in [1.82, 2.24) is 0 Å². The Balaban J connectivity index is 1.90. The summed E-state index contributed by atoms with van der Waals surface area (Å²) in [6.45, 7) is 2.47. The van der Waals surface area contributed by atoms with E-state index < -0.39 is 5.54 Å². The van der Waals surface area contributed by atoms with Crippen LogP contribution in [-0.4, -0.2) is 11.5 Å². The van der Waals surface area contributed by atoms with Crippen molar-refractivity contribution in [2.24, 2.45) is 11.7 Å². The average Bonchev–Trinajstić information content (AvgIpc) is 2.47. The summed E-state index contributed by atoms with van der Waals surface area (Å²) in [6, 6.07) is 7.74. The molecule has 0 unspecified atom stereocenters. The van der Waals surface area contributed by atoms with E-state index in [1.54, 1.807) is 0 Å². The van der Waals surface area contributed by atoms with Gasteiger partial charge < -0.3 is 10.5 Å². The molecule has 1 saturated carbocycles. The second kappa shape index (κ2) is 6.72. The molecule has 0 aromatic heterocycles. The highest BCUT2D eigenvalue weighted by atomic mass is 79.9. The quantitative estimate of drug-likeness (QED) is 0.849. The predicted octanol–water partition coefficient (Wildman–Crippen LogP) is 3.79. The van der Waals surface area contributed by atoms with Crippen molar-refractivity contribution in [2.75, 3.05) is 0 Å². The zero-order valence-electron chi connectivity index (χ0n) is 11.9. The predicted molar refractivity (Wildman–Crippen MR) is 83.1 cm³/mol. The van der Waals surface area contributed by atoms with Gasteiger partial charge in [0.05, 0.1) is 0 Å². The normalized spacial score (nSPS) is 26.2. The van der Waals surface area contributed by atoms with Gasteiger partial charge in [-0.3, -0.25) is 4.79 Å².